The number of fused-ring (bicyclic) bond motifs is 6. The van der Waals surface area contributed by atoms with Gasteiger partial charge in [0, 0.05) is 37.8 Å². The molecular formula is C76H62N4O4P2. The maximum Gasteiger partial charge on any atom is 0.217 e. The third kappa shape index (κ3) is 10.1. The Morgan fingerprint density at radius 2 is 0.651 bits per heavy atom. The van der Waals surface area contributed by atoms with E-state index in [1.165, 1.54) is 65.2 Å². The fraction of sp³-hybridized carbons (Fsp3) is 0.158. The first-order chi connectivity index (χ1) is 42.5. The highest BCUT2D eigenvalue weighted by atomic mass is 31.1. The number of benzene rings is 10. The van der Waals surface area contributed by atoms with E-state index < -0.39 is 15.8 Å². The first kappa shape index (κ1) is 53.7. The largest absolute Gasteiger partial charge is 0.475 e. The third-order valence-electron chi connectivity index (χ3n) is 17.1. The number of ether oxygens (including phenoxy) is 4. The highest BCUT2D eigenvalue weighted by Gasteiger charge is 2.43. The van der Waals surface area contributed by atoms with Crippen molar-refractivity contribution in [2.75, 3.05) is 13.2 Å². The number of hydrogen-bond donors (Lipinski definition) is 0. The van der Waals surface area contributed by atoms with Crippen LogP contribution >= 0.6 is 15.8 Å². The molecule has 4 heterocycles. The van der Waals surface area contributed by atoms with E-state index >= 15 is 0 Å². The summed E-state index contributed by atoms with van der Waals surface area (Å²) in [6.07, 6.45) is 2.20. The smallest absolute Gasteiger partial charge is 0.217 e. The first-order valence-corrected chi connectivity index (χ1v) is 32.4. The lowest BCUT2D eigenvalue weighted by molar-refractivity contribution is 0.204. The van der Waals surface area contributed by atoms with Crippen molar-refractivity contribution >= 4 is 71.3 Å². The zero-order valence-electron chi connectivity index (χ0n) is 47.9. The summed E-state index contributed by atoms with van der Waals surface area (Å²) in [7, 11) is -1.68. The van der Waals surface area contributed by atoms with Crippen LogP contribution in [0.1, 0.15) is 82.5 Å². The molecule has 10 heteroatoms. The second-order valence-electron chi connectivity index (χ2n) is 22.4. The van der Waals surface area contributed by atoms with Crippen molar-refractivity contribution in [1.29, 1.82) is 0 Å². The zero-order valence-corrected chi connectivity index (χ0v) is 49.6. The van der Waals surface area contributed by atoms with Gasteiger partial charge in [0.25, 0.3) is 0 Å². The van der Waals surface area contributed by atoms with Crippen LogP contribution in [-0.4, -0.2) is 49.0 Å². The normalized spacial score (nSPS) is 20.2. The van der Waals surface area contributed by atoms with Gasteiger partial charge >= 0.3 is 0 Å². The molecule has 10 aromatic rings. The molecule has 4 aliphatic heterocycles. The summed E-state index contributed by atoms with van der Waals surface area (Å²) in [6, 6.07) is 90.9. The van der Waals surface area contributed by atoms with Gasteiger partial charge in [-0.15, -0.1) is 0 Å². The van der Waals surface area contributed by atoms with Crippen molar-refractivity contribution in [3.05, 3.63) is 299 Å². The quantitative estimate of drug-likeness (QED) is 0.114. The van der Waals surface area contributed by atoms with Crippen molar-refractivity contribution in [3.63, 3.8) is 0 Å². The van der Waals surface area contributed by atoms with E-state index in [4.69, 9.17) is 38.9 Å². The molecule has 420 valence electrons. The first-order valence-electron chi connectivity index (χ1n) is 29.7. The number of aliphatic imine (C=N–C) groups is 4. The highest BCUT2D eigenvalue weighted by molar-refractivity contribution is 7.80. The molecule has 8 nitrogen and oxygen atoms in total. The van der Waals surface area contributed by atoms with Crippen LogP contribution in [0.5, 0.6) is 0 Å². The van der Waals surface area contributed by atoms with E-state index in [0.717, 1.165) is 58.0 Å². The average Bonchev–Trinajstić information content (AvgIpc) is 2.08. The molecule has 0 saturated heterocycles. The molecule has 0 amide bonds. The minimum Gasteiger partial charge on any atom is -0.475 e. The van der Waals surface area contributed by atoms with E-state index in [1.54, 1.807) is 0 Å². The van der Waals surface area contributed by atoms with Gasteiger partial charge in [-0.1, -0.05) is 243 Å². The van der Waals surface area contributed by atoms with Crippen LogP contribution in [0.15, 0.2) is 275 Å². The van der Waals surface area contributed by atoms with Gasteiger partial charge in [-0.25, -0.2) is 20.0 Å². The van der Waals surface area contributed by atoms with Crippen LogP contribution in [-0.2, 0) is 31.8 Å². The molecular weight excluding hydrogens is 1090 g/mol. The summed E-state index contributed by atoms with van der Waals surface area (Å²) in [4.78, 5) is 20.3. The Morgan fingerprint density at radius 1 is 0.326 bits per heavy atom. The van der Waals surface area contributed by atoms with Crippen molar-refractivity contribution in [2.24, 2.45) is 20.0 Å². The van der Waals surface area contributed by atoms with E-state index in [1.807, 2.05) is 13.8 Å². The van der Waals surface area contributed by atoms with Crippen molar-refractivity contribution in [1.82, 2.24) is 0 Å². The molecule has 10 aromatic carbocycles. The van der Waals surface area contributed by atoms with Gasteiger partial charge in [0.1, 0.15) is 49.6 Å². The average molecular weight is 1160 g/mol. The lowest BCUT2D eigenvalue weighted by Gasteiger charge is -2.22. The molecule has 6 atom stereocenters. The van der Waals surface area contributed by atoms with Crippen LogP contribution in [0.2, 0.25) is 0 Å². The molecule has 0 unspecified atom stereocenters. The summed E-state index contributed by atoms with van der Waals surface area (Å²) < 4.78 is 25.0. The van der Waals surface area contributed by atoms with Crippen LogP contribution < -0.4 is 31.8 Å². The second kappa shape index (κ2) is 23.4. The lowest BCUT2D eigenvalue weighted by Crippen LogP contribution is -2.25. The Morgan fingerprint density at radius 3 is 1.03 bits per heavy atom. The minimum absolute atomic E-state index is 0.124. The Balaban J connectivity index is 0.000000198. The topological polar surface area (TPSA) is 86.4 Å². The van der Waals surface area contributed by atoms with Crippen LogP contribution in [0, 0.1) is 0 Å². The Hall–Kier alpha value is -9.06. The van der Waals surface area contributed by atoms with Gasteiger partial charge in [-0.05, 0) is 115 Å². The Labute approximate surface area is 505 Å². The zero-order chi connectivity index (χ0) is 57.5. The van der Waals surface area contributed by atoms with Crippen LogP contribution in [0.4, 0.5) is 0 Å². The maximum absolute atomic E-state index is 6.57. The van der Waals surface area contributed by atoms with Gasteiger partial charge < -0.3 is 18.9 Å². The van der Waals surface area contributed by atoms with Gasteiger partial charge in [0.2, 0.25) is 11.8 Å². The van der Waals surface area contributed by atoms with E-state index in [9.17, 15) is 0 Å². The third-order valence-corrected chi connectivity index (χ3v) is 22.1. The molecule has 0 spiro atoms. The SMILES string of the molecule is CC1=N[C@H]2c3c(cccc3-c3cccc4c3[C@@H]3N=C(C)O[C@@H]3C4)C[C@H]2O1.c1ccc(P(c2ccccc2)c2ccccc2C2=N[C@@H](c3ccccc3-c3ccccc3[C@H]3COC(c4ccccc4P(c4ccccc4)c4ccccc4)=N3)CO2)cc1. The molecule has 6 aliphatic rings. The van der Waals surface area contributed by atoms with E-state index in [2.05, 4.69) is 255 Å². The molecule has 0 radical (unpaired) electrons. The number of rotatable bonds is 12. The monoisotopic (exact) mass is 1160 g/mol. The van der Waals surface area contributed by atoms with Gasteiger partial charge in [0.05, 0.1) is 0 Å². The van der Waals surface area contributed by atoms with Crippen LogP contribution in [0.25, 0.3) is 22.3 Å². The van der Waals surface area contributed by atoms with E-state index in [0.29, 0.717) is 25.0 Å². The number of nitrogens with zero attached hydrogens (tertiary/aromatic N) is 4. The molecule has 0 saturated carbocycles. The van der Waals surface area contributed by atoms with Gasteiger partial charge in [-0.2, -0.15) is 0 Å². The Bertz CT molecular complexity index is 3930. The molecule has 0 fully saturated rings. The maximum atomic E-state index is 6.57. The van der Waals surface area contributed by atoms with Crippen molar-refractivity contribution < 1.29 is 18.9 Å². The van der Waals surface area contributed by atoms with E-state index in [-0.39, 0.29) is 36.4 Å². The summed E-state index contributed by atoms with van der Waals surface area (Å²) in [5.74, 6) is 3.01. The predicted octanol–water partition coefficient (Wildman–Crippen LogP) is 14.1. The summed E-state index contributed by atoms with van der Waals surface area (Å²) in [5, 5.41) is 7.64. The van der Waals surface area contributed by atoms with Crippen molar-refractivity contribution in [3.8, 4) is 22.3 Å². The number of hydrogen-bond acceptors (Lipinski definition) is 8. The second-order valence-corrected chi connectivity index (χ2v) is 26.8. The summed E-state index contributed by atoms with van der Waals surface area (Å²) >= 11 is 0. The Kier molecular flexibility index (Phi) is 14.6. The van der Waals surface area contributed by atoms with Crippen LogP contribution in [0.3, 0.4) is 0 Å². The van der Waals surface area contributed by atoms with Gasteiger partial charge in [-0.3, -0.25) is 0 Å². The molecule has 0 aromatic heterocycles. The standard InChI is InChI=1S/C54H42N2O2P2.C22H20N2O2/c1-5-21-39(22-6-1)59(40-23-7-2-8-24-40)51-35-19-17-33-47(51)53-55-49(37-57-53)45-31-15-13-29-43(45)44-30-14-16-32-46(44)50-38-58-54(56-50)48-34-18-20-36-52(48)60(41-25-9-3-10-26-41)42-27-11-4-12-28-42;1-11-23-21-17(25-11)9-13-5-3-7-15(19(13)21)16-8-4-6-14-10-18-22(20(14)16)24-12(2)26-18/h1-36,49-50H,37-38H2;3-8,17-18,21-22H,9-10H2,1-2H3/t49-,50-;17-,18-,21-,22-/m11/s1. The molecule has 86 heavy (non-hydrogen) atoms. The minimum atomic E-state index is -0.838. The molecule has 2 aliphatic carbocycles. The molecule has 16 rings (SSSR count). The van der Waals surface area contributed by atoms with Crippen molar-refractivity contribution in [2.45, 2.75) is 63.1 Å². The summed E-state index contributed by atoms with van der Waals surface area (Å²) in [5.41, 5.74) is 14.6. The summed E-state index contributed by atoms with van der Waals surface area (Å²) in [6.45, 7) is 4.85. The predicted molar refractivity (Wildman–Crippen MR) is 353 cm³/mol. The lowest BCUT2D eigenvalue weighted by atomic mass is 9.89. The molecule has 0 bridgehead atoms. The fourth-order valence-corrected chi connectivity index (χ4v) is 18.3. The fourth-order valence-electron chi connectivity index (χ4n) is 13.5. The molecule has 0 N–H and O–H groups in total. The van der Waals surface area contributed by atoms with Gasteiger partial charge in [0.15, 0.2) is 11.8 Å². The highest BCUT2D eigenvalue weighted by Crippen LogP contribution is 2.50.